The minimum absolute atomic E-state index is 0.128. The van der Waals surface area contributed by atoms with Crippen LogP contribution in [-0.2, 0) is 4.79 Å². The van der Waals surface area contributed by atoms with Gasteiger partial charge >= 0.3 is 0 Å². The minimum Gasteiger partial charge on any atom is -0.342 e. The van der Waals surface area contributed by atoms with Crippen molar-refractivity contribution in [3.8, 4) is 0 Å². The molecule has 2 nitrogen and oxygen atoms in total. The van der Waals surface area contributed by atoms with Crippen molar-refractivity contribution in [1.29, 1.82) is 0 Å². The predicted octanol–water partition coefficient (Wildman–Crippen LogP) is 2.78. The highest BCUT2D eigenvalue weighted by Gasteiger charge is 2.26. The number of nitrogens with zero attached hydrogens (tertiary/aromatic N) is 1. The second-order valence-corrected chi connectivity index (χ2v) is 5.47. The zero-order valence-electron chi connectivity index (χ0n) is 10.8. The molecular formula is C12H26NOP. The second kappa shape index (κ2) is 6.48. The van der Waals surface area contributed by atoms with Crippen LogP contribution in [0.3, 0.4) is 0 Å². The average molecular weight is 231 g/mol. The zero-order chi connectivity index (χ0) is 12.1. The number of amides is 1. The summed E-state index contributed by atoms with van der Waals surface area (Å²) in [5.74, 6) is 1.03. The van der Waals surface area contributed by atoms with E-state index in [4.69, 9.17) is 0 Å². The molecular weight excluding hydrogens is 205 g/mol. The molecule has 1 amide bonds. The fourth-order valence-corrected chi connectivity index (χ4v) is 1.73. The Morgan fingerprint density at radius 1 is 1.40 bits per heavy atom. The summed E-state index contributed by atoms with van der Waals surface area (Å²) < 4.78 is 0. The van der Waals surface area contributed by atoms with Gasteiger partial charge in [0, 0.05) is 19.5 Å². The van der Waals surface area contributed by atoms with E-state index >= 15 is 0 Å². The van der Waals surface area contributed by atoms with Gasteiger partial charge in [-0.15, -0.1) is 9.24 Å². The lowest BCUT2D eigenvalue weighted by atomic mass is 9.92. The van der Waals surface area contributed by atoms with Gasteiger partial charge in [0.1, 0.15) is 0 Å². The predicted molar refractivity (Wildman–Crippen MR) is 70.1 cm³/mol. The molecule has 1 saturated heterocycles. The molecule has 15 heavy (non-hydrogen) atoms. The zero-order valence-corrected chi connectivity index (χ0v) is 12.0. The molecule has 0 aliphatic carbocycles. The maximum absolute atomic E-state index is 11.7. The van der Waals surface area contributed by atoms with E-state index in [1.54, 1.807) is 0 Å². The number of likely N-dealkylation sites (tertiary alicyclic amines) is 1. The van der Waals surface area contributed by atoms with Crippen LogP contribution in [0.2, 0.25) is 0 Å². The summed E-state index contributed by atoms with van der Waals surface area (Å²) in [6.45, 7) is 12.4. The van der Waals surface area contributed by atoms with Crippen LogP contribution >= 0.6 is 9.24 Å². The van der Waals surface area contributed by atoms with Gasteiger partial charge in [-0.25, -0.2) is 0 Å². The van der Waals surface area contributed by atoms with Crippen molar-refractivity contribution in [2.75, 3.05) is 19.8 Å². The molecule has 1 aliphatic rings. The van der Waals surface area contributed by atoms with Gasteiger partial charge in [-0.1, -0.05) is 34.4 Å². The van der Waals surface area contributed by atoms with Gasteiger partial charge in [0.25, 0.3) is 0 Å². The van der Waals surface area contributed by atoms with Crippen LogP contribution in [0.5, 0.6) is 0 Å². The number of hydrogen-bond donors (Lipinski definition) is 0. The Kier molecular flexibility index (Phi) is 6.43. The Hall–Kier alpha value is -0.100. The summed E-state index contributed by atoms with van der Waals surface area (Å²) in [4.78, 5) is 13.7. The molecule has 3 heteroatoms. The van der Waals surface area contributed by atoms with Crippen LogP contribution in [0.15, 0.2) is 0 Å². The van der Waals surface area contributed by atoms with Crippen molar-refractivity contribution in [1.82, 2.24) is 4.90 Å². The largest absolute Gasteiger partial charge is 0.342 e. The molecule has 0 saturated carbocycles. The lowest BCUT2D eigenvalue weighted by Gasteiger charge is -2.22. The summed E-state index contributed by atoms with van der Waals surface area (Å²) in [6.07, 6.45) is 1.86. The fourth-order valence-electron chi connectivity index (χ4n) is 1.73. The topological polar surface area (TPSA) is 20.3 Å². The molecule has 0 aromatic heterocycles. The first-order valence-electron chi connectivity index (χ1n) is 5.74. The van der Waals surface area contributed by atoms with E-state index in [0.29, 0.717) is 18.2 Å². The van der Waals surface area contributed by atoms with Gasteiger partial charge in [-0.2, -0.15) is 0 Å². The van der Waals surface area contributed by atoms with E-state index in [0.717, 1.165) is 13.1 Å². The minimum atomic E-state index is 0.128. The Balaban J connectivity index is 0.000000921. The SMILES string of the molecule is CC1CCN(C(=O)CC(C)(C)C)C1.CP. The summed E-state index contributed by atoms with van der Waals surface area (Å²) in [5, 5.41) is 0. The molecule has 90 valence electrons. The van der Waals surface area contributed by atoms with E-state index < -0.39 is 0 Å². The Morgan fingerprint density at radius 3 is 2.27 bits per heavy atom. The molecule has 1 heterocycles. The Labute approximate surface area is 97.0 Å². The molecule has 0 bridgehead atoms. The maximum Gasteiger partial charge on any atom is 0.223 e. The highest BCUT2D eigenvalue weighted by Crippen LogP contribution is 2.23. The van der Waals surface area contributed by atoms with Gasteiger partial charge in [0.15, 0.2) is 0 Å². The molecule has 2 unspecified atom stereocenters. The number of carbonyl (C=O) groups is 1. The summed E-state index contributed by atoms with van der Waals surface area (Å²) in [5.41, 5.74) is 0.128. The van der Waals surface area contributed by atoms with Crippen LogP contribution < -0.4 is 0 Å². The second-order valence-electron chi connectivity index (χ2n) is 5.47. The van der Waals surface area contributed by atoms with Gasteiger partial charge in [0.2, 0.25) is 5.91 Å². The lowest BCUT2D eigenvalue weighted by molar-refractivity contribution is -0.132. The van der Waals surface area contributed by atoms with E-state index in [1.165, 1.54) is 6.42 Å². The summed E-state index contributed by atoms with van der Waals surface area (Å²) in [7, 11) is 2.42. The van der Waals surface area contributed by atoms with Crippen LogP contribution in [0.4, 0.5) is 0 Å². The molecule has 2 atom stereocenters. The van der Waals surface area contributed by atoms with Crippen molar-refractivity contribution in [3.05, 3.63) is 0 Å². The van der Waals surface area contributed by atoms with Crippen molar-refractivity contribution in [2.24, 2.45) is 11.3 Å². The summed E-state index contributed by atoms with van der Waals surface area (Å²) in [6, 6.07) is 0. The smallest absolute Gasteiger partial charge is 0.223 e. The van der Waals surface area contributed by atoms with E-state index in [1.807, 2.05) is 11.6 Å². The first-order valence-corrected chi connectivity index (χ1v) is 6.89. The van der Waals surface area contributed by atoms with Crippen molar-refractivity contribution < 1.29 is 4.79 Å². The van der Waals surface area contributed by atoms with Crippen LogP contribution in [0.25, 0.3) is 0 Å². The average Bonchev–Trinajstić information content (AvgIpc) is 2.52. The van der Waals surface area contributed by atoms with Crippen molar-refractivity contribution in [3.63, 3.8) is 0 Å². The quantitative estimate of drug-likeness (QED) is 0.635. The number of hydrogen-bond acceptors (Lipinski definition) is 1. The summed E-state index contributed by atoms with van der Waals surface area (Å²) >= 11 is 0. The first-order chi connectivity index (χ1) is 6.88. The normalized spacial score (nSPS) is 20.9. The number of rotatable bonds is 1. The highest BCUT2D eigenvalue weighted by atomic mass is 31.0. The molecule has 1 aliphatic heterocycles. The van der Waals surface area contributed by atoms with Gasteiger partial charge < -0.3 is 4.90 Å². The monoisotopic (exact) mass is 231 g/mol. The first kappa shape index (κ1) is 14.9. The van der Waals surface area contributed by atoms with Crippen LogP contribution in [0.1, 0.15) is 40.5 Å². The third-order valence-electron chi connectivity index (χ3n) is 2.46. The molecule has 0 N–H and O–H groups in total. The van der Waals surface area contributed by atoms with Gasteiger partial charge in [0.05, 0.1) is 0 Å². The standard InChI is InChI=1S/C11H21NO.CH5P/c1-9-5-6-12(8-9)10(13)7-11(2,3)4;1-2/h9H,5-8H2,1-4H3;2H2,1H3. The van der Waals surface area contributed by atoms with Crippen LogP contribution in [-0.4, -0.2) is 30.6 Å². The van der Waals surface area contributed by atoms with Crippen molar-refractivity contribution in [2.45, 2.75) is 40.5 Å². The third-order valence-corrected chi connectivity index (χ3v) is 2.46. The van der Waals surface area contributed by atoms with Gasteiger partial charge in [-0.05, 0) is 17.8 Å². The molecule has 1 fully saturated rings. The molecule has 0 radical (unpaired) electrons. The Morgan fingerprint density at radius 2 is 1.93 bits per heavy atom. The highest BCUT2D eigenvalue weighted by molar-refractivity contribution is 7.15. The molecule has 1 rings (SSSR count). The Bertz CT molecular complexity index is 198. The molecule has 0 spiro atoms. The lowest BCUT2D eigenvalue weighted by Crippen LogP contribution is -2.31. The van der Waals surface area contributed by atoms with E-state index in [9.17, 15) is 4.79 Å². The number of carbonyl (C=O) groups excluding carboxylic acids is 1. The maximum atomic E-state index is 11.7. The molecule has 0 aromatic rings. The van der Waals surface area contributed by atoms with Crippen molar-refractivity contribution >= 4 is 15.1 Å². The third kappa shape index (κ3) is 6.14. The fraction of sp³-hybridized carbons (Fsp3) is 0.917. The van der Waals surface area contributed by atoms with Gasteiger partial charge in [-0.3, -0.25) is 4.79 Å². The van der Waals surface area contributed by atoms with E-state index in [-0.39, 0.29) is 5.41 Å². The molecule has 0 aromatic carbocycles. The van der Waals surface area contributed by atoms with E-state index in [2.05, 4.69) is 36.9 Å². The van der Waals surface area contributed by atoms with Crippen LogP contribution in [0, 0.1) is 11.3 Å².